The minimum atomic E-state index is -5.37. The molecule has 154 valence electrons. The number of aromatic nitrogens is 2. The largest absolute Gasteiger partial charge is 0.481 e. The van der Waals surface area contributed by atoms with Crippen LogP contribution in [0.1, 0.15) is 6.23 Å². The third-order valence-corrected chi connectivity index (χ3v) is 5.63. The molecule has 2 heterocycles. The summed E-state index contributed by atoms with van der Waals surface area (Å²) in [5.41, 5.74) is 4.42. The number of phosphoric ester groups is 1. The summed E-state index contributed by atoms with van der Waals surface area (Å²) in [7, 11) is -9.68. The van der Waals surface area contributed by atoms with E-state index in [0.717, 1.165) is 17.9 Å². The van der Waals surface area contributed by atoms with Crippen LogP contribution in [0.2, 0.25) is 0 Å². The number of anilines is 1. The highest BCUT2D eigenvalue weighted by molar-refractivity contribution is 7.60. The maximum absolute atomic E-state index is 11.9. The van der Waals surface area contributed by atoms with E-state index < -0.39 is 52.2 Å². The van der Waals surface area contributed by atoms with E-state index in [4.69, 9.17) is 25.0 Å². The third-order valence-electron chi connectivity index (χ3n) is 3.50. The molecule has 15 nitrogen and oxygen atoms in total. The Hall–Kier alpha value is -1.22. The quantitative estimate of drug-likeness (QED) is 0.247. The van der Waals surface area contributed by atoms with Crippen molar-refractivity contribution >= 4 is 21.5 Å². The summed E-state index contributed by atoms with van der Waals surface area (Å²) in [5, 5.41) is 20.4. The van der Waals surface area contributed by atoms with Crippen LogP contribution < -0.4 is 11.4 Å². The van der Waals surface area contributed by atoms with E-state index in [2.05, 4.69) is 13.8 Å². The fourth-order valence-corrected chi connectivity index (χ4v) is 3.88. The van der Waals surface area contributed by atoms with Crippen LogP contribution in [0.3, 0.4) is 0 Å². The van der Waals surface area contributed by atoms with E-state index in [0.29, 0.717) is 0 Å². The van der Waals surface area contributed by atoms with Crippen molar-refractivity contribution in [3.05, 3.63) is 22.7 Å². The number of methoxy groups -OCH3 is 1. The van der Waals surface area contributed by atoms with E-state index in [-0.39, 0.29) is 5.82 Å². The molecule has 27 heavy (non-hydrogen) atoms. The monoisotopic (exact) mass is 433 g/mol. The Morgan fingerprint density at radius 2 is 2.00 bits per heavy atom. The summed E-state index contributed by atoms with van der Waals surface area (Å²) in [6, 6.07) is 1.21. The fourth-order valence-electron chi connectivity index (χ4n) is 2.28. The standard InChI is InChI=1S/C10H17N3O12P2/c1-22-10(4-23-27(20,21)25-26(17,18)19)7(15)6(14)8(24-10)13-3-2-5(11)12-9(13)16/h2-3,6-8,14-15H,4H2,1H3,(H,20,21)(H2,11,12,16)(H2,17,18,19)/t6-,7+,8-,10-/m1/s1. The highest BCUT2D eigenvalue weighted by atomic mass is 31.3. The summed E-state index contributed by atoms with van der Waals surface area (Å²) in [6.07, 6.45) is -4.12. The summed E-state index contributed by atoms with van der Waals surface area (Å²) in [4.78, 5) is 41.8. The number of hydrogen-bond donors (Lipinski definition) is 6. The van der Waals surface area contributed by atoms with Gasteiger partial charge in [0.25, 0.3) is 0 Å². The van der Waals surface area contributed by atoms with Crippen LogP contribution in [0.4, 0.5) is 5.82 Å². The van der Waals surface area contributed by atoms with Gasteiger partial charge in [-0.3, -0.25) is 9.09 Å². The molecule has 17 heteroatoms. The van der Waals surface area contributed by atoms with Crippen LogP contribution in [0.15, 0.2) is 17.1 Å². The molecule has 0 aliphatic carbocycles. The van der Waals surface area contributed by atoms with Crippen molar-refractivity contribution in [2.75, 3.05) is 19.5 Å². The number of nitrogens with two attached hydrogens (primary N) is 1. The van der Waals surface area contributed by atoms with Gasteiger partial charge in [-0.2, -0.15) is 9.29 Å². The molecule has 7 N–H and O–H groups in total. The maximum Gasteiger partial charge on any atom is 0.481 e. The Morgan fingerprint density at radius 1 is 1.37 bits per heavy atom. The lowest BCUT2D eigenvalue weighted by atomic mass is 10.1. The molecule has 0 bridgehead atoms. The molecule has 0 aromatic carbocycles. The topological polar surface area (TPSA) is 233 Å². The number of aliphatic hydroxyl groups is 2. The summed E-state index contributed by atoms with van der Waals surface area (Å²) in [5.74, 6) is -2.40. The number of nitrogen functional groups attached to an aromatic ring is 1. The minimum Gasteiger partial charge on any atom is -0.385 e. The zero-order valence-corrected chi connectivity index (χ0v) is 15.3. The predicted molar refractivity (Wildman–Crippen MR) is 83.7 cm³/mol. The Kier molecular flexibility index (Phi) is 6.26. The van der Waals surface area contributed by atoms with Crippen molar-refractivity contribution in [1.29, 1.82) is 0 Å². The zero-order valence-electron chi connectivity index (χ0n) is 13.6. The number of hydrogen-bond acceptors (Lipinski definition) is 11. The lowest BCUT2D eigenvalue weighted by Crippen LogP contribution is -2.48. The highest BCUT2D eigenvalue weighted by Gasteiger charge is 2.57. The van der Waals surface area contributed by atoms with Crippen LogP contribution in [-0.4, -0.2) is 66.2 Å². The maximum atomic E-state index is 11.9. The van der Waals surface area contributed by atoms with E-state index in [1.165, 1.54) is 6.07 Å². The zero-order chi connectivity index (χ0) is 20.6. The molecule has 1 aliphatic heterocycles. The molecule has 5 atom stereocenters. The van der Waals surface area contributed by atoms with Gasteiger partial charge in [0.15, 0.2) is 6.23 Å². The lowest BCUT2D eigenvalue weighted by molar-refractivity contribution is -0.267. The summed E-state index contributed by atoms with van der Waals surface area (Å²) >= 11 is 0. The van der Waals surface area contributed by atoms with E-state index >= 15 is 0 Å². The van der Waals surface area contributed by atoms with Gasteiger partial charge in [0, 0.05) is 13.3 Å². The summed E-state index contributed by atoms with van der Waals surface area (Å²) < 4.78 is 41.2. The molecular weight excluding hydrogens is 416 g/mol. The van der Waals surface area contributed by atoms with Gasteiger partial charge in [0.1, 0.15) is 24.6 Å². The SMILES string of the molecule is CO[C@]1(COP(=O)(O)OP(=O)(O)O)O[C@@H](n2ccc(N)nc2=O)[C@H](O)[C@@H]1O. The lowest BCUT2D eigenvalue weighted by Gasteiger charge is -2.30. The van der Waals surface area contributed by atoms with Crippen LogP contribution in [0, 0.1) is 0 Å². The molecule has 1 aromatic heterocycles. The molecule has 1 aliphatic rings. The Bertz CT molecular complexity index is 841. The van der Waals surface area contributed by atoms with E-state index in [9.17, 15) is 29.0 Å². The Labute approximate surface area is 150 Å². The van der Waals surface area contributed by atoms with Gasteiger partial charge in [-0.1, -0.05) is 0 Å². The minimum absolute atomic E-state index is 0.110. The second-order valence-corrected chi connectivity index (χ2v) is 8.15. The van der Waals surface area contributed by atoms with Gasteiger partial charge < -0.3 is 40.1 Å². The molecule has 2 rings (SSSR count). The molecule has 0 saturated carbocycles. The second kappa shape index (κ2) is 7.66. The van der Waals surface area contributed by atoms with Crippen LogP contribution >= 0.6 is 15.6 Å². The van der Waals surface area contributed by atoms with Gasteiger partial charge in [-0.25, -0.2) is 13.9 Å². The Balaban J connectivity index is 2.25. The number of nitrogens with zero attached hydrogens (tertiary/aromatic N) is 2. The van der Waals surface area contributed by atoms with Gasteiger partial charge in [-0.05, 0) is 6.07 Å². The first-order valence-corrected chi connectivity index (χ1v) is 10.0. The number of ether oxygens (including phenoxy) is 2. The number of phosphoric acid groups is 2. The third kappa shape index (κ3) is 4.99. The molecule has 0 spiro atoms. The summed E-state index contributed by atoms with van der Waals surface area (Å²) in [6.45, 7) is -1.11. The second-order valence-electron chi connectivity index (χ2n) is 5.32. The average molecular weight is 433 g/mol. The van der Waals surface area contributed by atoms with Crippen molar-refractivity contribution in [3.8, 4) is 0 Å². The molecule has 0 amide bonds. The van der Waals surface area contributed by atoms with Gasteiger partial charge in [0.05, 0.1) is 0 Å². The predicted octanol–water partition coefficient (Wildman–Crippen LogP) is -2.35. The first kappa shape index (κ1) is 22.1. The smallest absolute Gasteiger partial charge is 0.385 e. The van der Waals surface area contributed by atoms with Crippen molar-refractivity contribution in [1.82, 2.24) is 9.55 Å². The highest BCUT2D eigenvalue weighted by Crippen LogP contribution is 2.58. The molecule has 1 aromatic rings. The van der Waals surface area contributed by atoms with Crippen molar-refractivity contribution in [3.63, 3.8) is 0 Å². The van der Waals surface area contributed by atoms with Crippen LogP contribution in [0.25, 0.3) is 0 Å². The van der Waals surface area contributed by atoms with E-state index in [1.54, 1.807) is 0 Å². The first-order valence-electron chi connectivity index (χ1n) is 6.98. The fraction of sp³-hybridized carbons (Fsp3) is 0.600. The molecular formula is C10H17N3O12P2. The first-order chi connectivity index (χ1) is 12.3. The van der Waals surface area contributed by atoms with Crippen molar-refractivity contribution < 1.29 is 52.3 Å². The number of rotatable bonds is 7. The van der Waals surface area contributed by atoms with Gasteiger partial charge in [-0.15, -0.1) is 0 Å². The van der Waals surface area contributed by atoms with Gasteiger partial charge in [0.2, 0.25) is 5.79 Å². The molecule has 0 radical (unpaired) electrons. The van der Waals surface area contributed by atoms with Gasteiger partial charge >= 0.3 is 21.3 Å². The van der Waals surface area contributed by atoms with Crippen molar-refractivity contribution in [2.24, 2.45) is 0 Å². The van der Waals surface area contributed by atoms with Crippen LogP contribution in [0.5, 0.6) is 0 Å². The van der Waals surface area contributed by atoms with E-state index in [1.807, 2.05) is 0 Å². The Morgan fingerprint density at radius 3 is 2.52 bits per heavy atom. The average Bonchev–Trinajstić information content (AvgIpc) is 2.76. The molecule has 1 saturated heterocycles. The normalized spacial score (nSPS) is 31.0. The van der Waals surface area contributed by atoms with Crippen molar-refractivity contribution in [2.45, 2.75) is 24.2 Å². The molecule has 1 unspecified atom stereocenters. The molecule has 1 fully saturated rings. The number of aliphatic hydroxyl groups excluding tert-OH is 2. The van der Waals surface area contributed by atoms with Crippen LogP contribution in [-0.2, 0) is 27.4 Å².